The van der Waals surface area contributed by atoms with E-state index in [1.165, 1.54) is 4.80 Å². The first-order valence-corrected chi connectivity index (χ1v) is 9.64. The van der Waals surface area contributed by atoms with Crippen molar-refractivity contribution >= 4 is 11.6 Å². The predicted octanol–water partition coefficient (Wildman–Crippen LogP) is 3.81. The van der Waals surface area contributed by atoms with Gasteiger partial charge in [0.2, 0.25) is 0 Å². The Bertz CT molecular complexity index is 1180. The van der Waals surface area contributed by atoms with Gasteiger partial charge in [0.15, 0.2) is 17.2 Å². The van der Waals surface area contributed by atoms with Crippen LogP contribution in [0.2, 0.25) is 0 Å². The molecule has 0 aliphatic rings. The fourth-order valence-corrected chi connectivity index (χ4v) is 2.97. The number of para-hydroxylation sites is 1. The van der Waals surface area contributed by atoms with Gasteiger partial charge in [0.25, 0.3) is 5.91 Å². The van der Waals surface area contributed by atoms with Gasteiger partial charge in [0, 0.05) is 29.7 Å². The Balaban J connectivity index is 1.51. The predicted molar refractivity (Wildman–Crippen MR) is 116 cm³/mol. The third-order valence-electron chi connectivity index (χ3n) is 4.52. The molecule has 0 spiro atoms. The Morgan fingerprint density at radius 1 is 1.03 bits per heavy atom. The van der Waals surface area contributed by atoms with Crippen molar-refractivity contribution in [2.75, 3.05) is 12.4 Å². The Morgan fingerprint density at radius 3 is 2.61 bits per heavy atom. The SMILES string of the molecule is COc1ccc(NC(=O)c2nn(-c3ccccc3)nc2C)cc1OCc1cccnc1. The van der Waals surface area contributed by atoms with Crippen molar-refractivity contribution in [1.29, 1.82) is 0 Å². The first-order valence-electron chi connectivity index (χ1n) is 9.64. The van der Waals surface area contributed by atoms with E-state index in [2.05, 4.69) is 20.5 Å². The minimum absolute atomic E-state index is 0.248. The number of nitrogens with one attached hydrogen (secondary N) is 1. The van der Waals surface area contributed by atoms with Gasteiger partial charge in [-0.1, -0.05) is 24.3 Å². The number of nitrogens with zero attached hydrogens (tertiary/aromatic N) is 4. The van der Waals surface area contributed by atoms with Crippen LogP contribution in [-0.2, 0) is 6.61 Å². The van der Waals surface area contributed by atoms with Crippen molar-refractivity contribution in [2.24, 2.45) is 0 Å². The van der Waals surface area contributed by atoms with Crippen molar-refractivity contribution in [3.05, 3.63) is 90.0 Å². The van der Waals surface area contributed by atoms with Gasteiger partial charge in [-0.05, 0) is 37.3 Å². The van der Waals surface area contributed by atoms with E-state index in [4.69, 9.17) is 9.47 Å². The average Bonchev–Trinajstić information content (AvgIpc) is 3.21. The summed E-state index contributed by atoms with van der Waals surface area (Å²) in [5.41, 5.74) is 3.04. The molecule has 4 aromatic rings. The molecule has 0 bridgehead atoms. The van der Waals surface area contributed by atoms with Crippen molar-refractivity contribution in [1.82, 2.24) is 20.0 Å². The minimum atomic E-state index is -0.358. The van der Waals surface area contributed by atoms with Crippen LogP contribution < -0.4 is 14.8 Å². The number of carbonyl (C=O) groups is 1. The molecule has 0 unspecified atom stereocenters. The monoisotopic (exact) mass is 415 g/mol. The highest BCUT2D eigenvalue weighted by Gasteiger charge is 2.17. The summed E-state index contributed by atoms with van der Waals surface area (Å²) in [7, 11) is 1.57. The lowest BCUT2D eigenvalue weighted by molar-refractivity contribution is 0.102. The van der Waals surface area contributed by atoms with Crippen LogP contribution in [0.15, 0.2) is 73.1 Å². The third-order valence-corrected chi connectivity index (χ3v) is 4.52. The molecule has 0 aliphatic carbocycles. The number of ether oxygens (including phenoxy) is 2. The van der Waals surface area contributed by atoms with Crippen LogP contribution in [0.3, 0.4) is 0 Å². The van der Waals surface area contributed by atoms with E-state index in [0.29, 0.717) is 29.5 Å². The minimum Gasteiger partial charge on any atom is -0.493 e. The molecule has 31 heavy (non-hydrogen) atoms. The molecular formula is C23H21N5O3. The van der Waals surface area contributed by atoms with Crippen molar-refractivity contribution in [3.63, 3.8) is 0 Å². The molecule has 2 heterocycles. The number of methoxy groups -OCH3 is 1. The number of anilines is 1. The van der Waals surface area contributed by atoms with E-state index >= 15 is 0 Å². The normalized spacial score (nSPS) is 10.5. The van der Waals surface area contributed by atoms with Gasteiger partial charge < -0.3 is 14.8 Å². The Hall–Kier alpha value is -4.20. The van der Waals surface area contributed by atoms with Gasteiger partial charge in [0.1, 0.15) is 6.61 Å². The van der Waals surface area contributed by atoms with Gasteiger partial charge in [-0.25, -0.2) is 0 Å². The lowest BCUT2D eigenvalue weighted by Crippen LogP contribution is -2.14. The van der Waals surface area contributed by atoms with Crippen molar-refractivity contribution in [3.8, 4) is 17.2 Å². The molecule has 8 heteroatoms. The maximum atomic E-state index is 12.8. The zero-order valence-corrected chi connectivity index (χ0v) is 17.1. The van der Waals surface area contributed by atoms with E-state index in [-0.39, 0.29) is 11.6 Å². The quantitative estimate of drug-likeness (QED) is 0.494. The number of amides is 1. The molecule has 2 aromatic carbocycles. The standard InChI is InChI=1S/C23H21N5O3/c1-16-22(27-28(26-16)19-8-4-3-5-9-19)23(29)25-18-10-11-20(30-2)21(13-18)31-15-17-7-6-12-24-14-17/h3-14H,15H2,1-2H3,(H,25,29). The summed E-state index contributed by atoms with van der Waals surface area (Å²) in [6.07, 6.45) is 3.44. The molecule has 0 saturated heterocycles. The number of rotatable bonds is 7. The van der Waals surface area contributed by atoms with Crippen LogP contribution in [-0.4, -0.2) is 33.0 Å². The molecule has 1 N–H and O–H groups in total. The first kappa shape index (κ1) is 20.1. The zero-order valence-electron chi connectivity index (χ0n) is 17.1. The largest absolute Gasteiger partial charge is 0.493 e. The smallest absolute Gasteiger partial charge is 0.278 e. The van der Waals surface area contributed by atoms with E-state index in [9.17, 15) is 4.79 Å². The number of pyridine rings is 1. The van der Waals surface area contributed by atoms with Crippen LogP contribution in [0.4, 0.5) is 5.69 Å². The summed E-state index contributed by atoms with van der Waals surface area (Å²) < 4.78 is 11.3. The molecule has 8 nitrogen and oxygen atoms in total. The second-order valence-electron chi connectivity index (χ2n) is 6.73. The Labute approximate surface area is 179 Å². The lowest BCUT2D eigenvalue weighted by Gasteiger charge is -2.13. The summed E-state index contributed by atoms with van der Waals surface area (Å²) in [6, 6.07) is 18.4. The highest BCUT2D eigenvalue weighted by atomic mass is 16.5. The Morgan fingerprint density at radius 2 is 1.87 bits per heavy atom. The molecular weight excluding hydrogens is 394 g/mol. The van der Waals surface area contributed by atoms with Gasteiger partial charge in [0.05, 0.1) is 18.5 Å². The van der Waals surface area contributed by atoms with Gasteiger partial charge in [-0.2, -0.15) is 9.90 Å². The summed E-state index contributed by atoms with van der Waals surface area (Å²) in [5.74, 6) is 0.713. The summed E-state index contributed by atoms with van der Waals surface area (Å²) in [6.45, 7) is 2.07. The second-order valence-corrected chi connectivity index (χ2v) is 6.73. The van der Waals surface area contributed by atoms with E-state index < -0.39 is 0 Å². The van der Waals surface area contributed by atoms with Gasteiger partial charge in [-0.3, -0.25) is 9.78 Å². The molecule has 0 aliphatic heterocycles. The maximum absolute atomic E-state index is 12.8. The molecule has 0 radical (unpaired) electrons. The summed E-state index contributed by atoms with van der Waals surface area (Å²) in [4.78, 5) is 18.3. The highest BCUT2D eigenvalue weighted by molar-refractivity contribution is 6.03. The summed E-state index contributed by atoms with van der Waals surface area (Å²) in [5, 5.41) is 11.5. The van der Waals surface area contributed by atoms with Crippen LogP contribution in [0.5, 0.6) is 11.5 Å². The molecule has 2 aromatic heterocycles. The number of aryl methyl sites for hydroxylation is 1. The number of carbonyl (C=O) groups excluding carboxylic acids is 1. The first-order chi connectivity index (χ1) is 15.1. The molecule has 0 saturated carbocycles. The molecule has 0 atom stereocenters. The van der Waals surface area contributed by atoms with E-state index in [0.717, 1.165) is 11.3 Å². The van der Waals surface area contributed by atoms with Crippen LogP contribution in [0, 0.1) is 6.92 Å². The van der Waals surface area contributed by atoms with E-state index in [1.54, 1.807) is 44.6 Å². The fourth-order valence-electron chi connectivity index (χ4n) is 2.97. The number of aromatic nitrogens is 4. The summed E-state index contributed by atoms with van der Waals surface area (Å²) >= 11 is 0. The lowest BCUT2D eigenvalue weighted by atomic mass is 10.2. The van der Waals surface area contributed by atoms with Crippen LogP contribution >= 0.6 is 0 Å². The van der Waals surface area contributed by atoms with Crippen LogP contribution in [0.25, 0.3) is 5.69 Å². The highest BCUT2D eigenvalue weighted by Crippen LogP contribution is 2.31. The molecule has 4 rings (SSSR count). The van der Waals surface area contributed by atoms with Gasteiger partial charge in [-0.15, -0.1) is 5.10 Å². The number of hydrogen-bond donors (Lipinski definition) is 1. The third kappa shape index (κ3) is 4.69. The van der Waals surface area contributed by atoms with E-state index in [1.807, 2.05) is 42.5 Å². The van der Waals surface area contributed by atoms with Crippen molar-refractivity contribution < 1.29 is 14.3 Å². The average molecular weight is 415 g/mol. The number of benzene rings is 2. The second kappa shape index (κ2) is 9.08. The molecule has 156 valence electrons. The molecule has 0 fully saturated rings. The molecule has 1 amide bonds. The van der Waals surface area contributed by atoms with Crippen molar-refractivity contribution in [2.45, 2.75) is 13.5 Å². The fraction of sp³-hybridized carbons (Fsp3) is 0.130. The zero-order chi connectivity index (χ0) is 21.6. The van der Waals surface area contributed by atoms with Crippen LogP contribution in [0.1, 0.15) is 21.7 Å². The maximum Gasteiger partial charge on any atom is 0.278 e. The number of hydrogen-bond acceptors (Lipinski definition) is 6. The topological polar surface area (TPSA) is 91.2 Å². The van der Waals surface area contributed by atoms with Gasteiger partial charge >= 0.3 is 0 Å². The Kier molecular flexibility index (Phi) is 5.89.